The van der Waals surface area contributed by atoms with Crippen molar-refractivity contribution in [1.29, 1.82) is 0 Å². The van der Waals surface area contributed by atoms with E-state index in [1.54, 1.807) is 0 Å². The molecule has 0 fully saturated rings. The van der Waals surface area contributed by atoms with Crippen LogP contribution in [0.1, 0.15) is 23.1 Å². The van der Waals surface area contributed by atoms with Gasteiger partial charge in [-0.15, -0.1) is 0 Å². The van der Waals surface area contributed by atoms with Gasteiger partial charge in [0.15, 0.2) is 0 Å². The second-order valence-electron chi connectivity index (χ2n) is 6.35. The molecule has 3 heteroatoms. The molecule has 26 heavy (non-hydrogen) atoms. The van der Waals surface area contributed by atoms with Gasteiger partial charge in [0.2, 0.25) is 0 Å². The van der Waals surface area contributed by atoms with Crippen molar-refractivity contribution in [1.82, 2.24) is 5.06 Å². The highest BCUT2D eigenvalue weighted by Gasteiger charge is 2.07. The van der Waals surface area contributed by atoms with E-state index < -0.39 is 0 Å². The minimum absolute atomic E-state index is 0.551. The molecule has 0 spiro atoms. The summed E-state index contributed by atoms with van der Waals surface area (Å²) in [5, 5.41) is 11.1. The van der Waals surface area contributed by atoms with Gasteiger partial charge in [0, 0.05) is 13.1 Å². The first-order chi connectivity index (χ1) is 12.8. The Balaban J connectivity index is 0.000000167. The quantitative estimate of drug-likeness (QED) is 0.667. The van der Waals surface area contributed by atoms with Crippen molar-refractivity contribution in [3.63, 3.8) is 0 Å². The molecule has 1 N–H and O–H groups in total. The van der Waals surface area contributed by atoms with Gasteiger partial charge in [-0.05, 0) is 35.6 Å². The van der Waals surface area contributed by atoms with Gasteiger partial charge in [-0.1, -0.05) is 78.9 Å². The molecule has 134 valence electrons. The first-order valence-corrected chi connectivity index (χ1v) is 9.03. The molecule has 0 aromatic heterocycles. The fraction of sp³-hybridized carbons (Fsp3) is 0.217. The van der Waals surface area contributed by atoms with Crippen LogP contribution in [0, 0.1) is 0 Å². The number of rotatable bonds is 4. The number of hydrogen-bond acceptors (Lipinski definition) is 3. The van der Waals surface area contributed by atoms with Gasteiger partial charge in [0.1, 0.15) is 5.75 Å². The summed E-state index contributed by atoms with van der Waals surface area (Å²) in [4.78, 5) is 0. The molecule has 4 rings (SSSR count). The summed E-state index contributed by atoms with van der Waals surface area (Å²) in [6.45, 7) is 1.99. The zero-order valence-electron chi connectivity index (χ0n) is 14.9. The number of benzene rings is 3. The first-order valence-electron chi connectivity index (χ1n) is 9.03. The number of hydrogen-bond donors (Lipinski definition) is 1. The first kappa shape index (κ1) is 18.2. The number of para-hydroxylation sites is 1. The van der Waals surface area contributed by atoms with Crippen LogP contribution in [0.3, 0.4) is 0 Å². The number of aryl methyl sites for hydroxylation is 1. The Hall–Kier alpha value is -2.62. The number of fused-ring (bicyclic) bond motifs is 1. The second kappa shape index (κ2) is 9.76. The highest BCUT2D eigenvalue weighted by molar-refractivity contribution is 5.34. The van der Waals surface area contributed by atoms with Gasteiger partial charge in [0.05, 0.1) is 6.61 Å². The van der Waals surface area contributed by atoms with Crippen molar-refractivity contribution < 1.29 is 9.94 Å². The topological polar surface area (TPSA) is 32.7 Å². The van der Waals surface area contributed by atoms with E-state index in [1.165, 1.54) is 17.0 Å². The molecular formula is C23H25NO2. The minimum atomic E-state index is 0.551. The standard InChI is InChI=1S/C14H15NO.C9H10O/c16-15(11-13-7-3-1-4-8-13)12-14-9-5-2-6-10-14;1-2-6-9-8(4-1)5-3-7-10-9/h1-10,16H,11-12H2;1-2,4,6H,3,5,7H2. The lowest BCUT2D eigenvalue weighted by atomic mass is 10.1. The average molecular weight is 347 g/mol. The van der Waals surface area contributed by atoms with E-state index in [0.29, 0.717) is 13.1 Å². The third-order valence-corrected chi connectivity index (χ3v) is 4.24. The molecule has 0 unspecified atom stereocenters. The van der Waals surface area contributed by atoms with E-state index >= 15 is 0 Å². The van der Waals surface area contributed by atoms with E-state index in [2.05, 4.69) is 12.1 Å². The molecule has 1 aliphatic rings. The van der Waals surface area contributed by atoms with Gasteiger partial charge < -0.3 is 9.94 Å². The Labute approximate surface area is 155 Å². The monoisotopic (exact) mass is 347 g/mol. The van der Waals surface area contributed by atoms with Crippen LogP contribution in [-0.2, 0) is 19.5 Å². The van der Waals surface area contributed by atoms with Crippen molar-refractivity contribution in [2.24, 2.45) is 0 Å². The van der Waals surface area contributed by atoms with Crippen molar-refractivity contribution in [3.05, 3.63) is 102 Å². The molecule has 0 radical (unpaired) electrons. The molecule has 0 bridgehead atoms. The van der Waals surface area contributed by atoms with Crippen LogP contribution in [0.4, 0.5) is 0 Å². The Morgan fingerprint density at radius 1 is 0.731 bits per heavy atom. The van der Waals surface area contributed by atoms with Crippen LogP contribution in [0.5, 0.6) is 5.75 Å². The third-order valence-electron chi connectivity index (χ3n) is 4.24. The highest BCUT2D eigenvalue weighted by atomic mass is 16.5. The molecule has 0 saturated carbocycles. The van der Waals surface area contributed by atoms with E-state index in [9.17, 15) is 5.21 Å². The summed E-state index contributed by atoms with van der Waals surface area (Å²) in [7, 11) is 0. The molecule has 0 aliphatic carbocycles. The van der Waals surface area contributed by atoms with Crippen LogP contribution >= 0.6 is 0 Å². The van der Waals surface area contributed by atoms with Crippen LogP contribution in [0.25, 0.3) is 0 Å². The number of hydroxylamine groups is 2. The van der Waals surface area contributed by atoms with Gasteiger partial charge in [-0.2, -0.15) is 5.06 Å². The molecule has 0 amide bonds. The Kier molecular flexibility index (Phi) is 6.82. The normalized spacial score (nSPS) is 12.5. The molecule has 0 atom stereocenters. The smallest absolute Gasteiger partial charge is 0.122 e. The summed E-state index contributed by atoms with van der Waals surface area (Å²) in [6.07, 6.45) is 2.34. The molecule has 1 heterocycles. The molecule has 3 aromatic carbocycles. The summed E-state index contributed by atoms with van der Waals surface area (Å²) >= 11 is 0. The zero-order valence-corrected chi connectivity index (χ0v) is 14.9. The lowest BCUT2D eigenvalue weighted by molar-refractivity contribution is -0.108. The zero-order chi connectivity index (χ0) is 18.0. The SMILES string of the molecule is ON(Cc1ccccc1)Cc1ccccc1.c1ccc2c(c1)CCCO2. The van der Waals surface area contributed by atoms with Gasteiger partial charge >= 0.3 is 0 Å². The largest absolute Gasteiger partial charge is 0.493 e. The molecular weight excluding hydrogens is 322 g/mol. The lowest BCUT2D eigenvalue weighted by Gasteiger charge is -2.15. The van der Waals surface area contributed by atoms with Gasteiger partial charge in [-0.25, -0.2) is 0 Å². The summed E-state index contributed by atoms with van der Waals surface area (Å²) in [6, 6.07) is 28.1. The summed E-state index contributed by atoms with van der Waals surface area (Å²) < 4.78 is 5.42. The molecule has 0 saturated heterocycles. The Morgan fingerprint density at radius 3 is 1.85 bits per heavy atom. The molecule has 3 aromatic rings. The second-order valence-corrected chi connectivity index (χ2v) is 6.35. The minimum Gasteiger partial charge on any atom is -0.493 e. The van der Waals surface area contributed by atoms with Crippen LogP contribution in [0.15, 0.2) is 84.9 Å². The van der Waals surface area contributed by atoms with E-state index in [0.717, 1.165) is 29.9 Å². The fourth-order valence-corrected chi connectivity index (χ4v) is 2.94. The predicted molar refractivity (Wildman–Crippen MR) is 104 cm³/mol. The van der Waals surface area contributed by atoms with Gasteiger partial charge in [-0.3, -0.25) is 0 Å². The maximum absolute atomic E-state index is 9.79. The van der Waals surface area contributed by atoms with Gasteiger partial charge in [0.25, 0.3) is 0 Å². The van der Waals surface area contributed by atoms with Crippen LogP contribution in [-0.4, -0.2) is 16.9 Å². The Morgan fingerprint density at radius 2 is 1.27 bits per heavy atom. The van der Waals surface area contributed by atoms with E-state index in [-0.39, 0.29) is 0 Å². The maximum atomic E-state index is 9.79. The number of nitrogens with zero attached hydrogens (tertiary/aromatic N) is 1. The highest BCUT2D eigenvalue weighted by Crippen LogP contribution is 2.23. The van der Waals surface area contributed by atoms with Crippen LogP contribution < -0.4 is 4.74 Å². The van der Waals surface area contributed by atoms with Crippen molar-refractivity contribution in [2.75, 3.05) is 6.61 Å². The van der Waals surface area contributed by atoms with Crippen molar-refractivity contribution in [3.8, 4) is 5.75 Å². The molecule has 1 aliphatic heterocycles. The van der Waals surface area contributed by atoms with E-state index in [4.69, 9.17) is 4.74 Å². The Bertz CT molecular complexity index is 708. The summed E-state index contributed by atoms with van der Waals surface area (Å²) in [5.74, 6) is 1.08. The predicted octanol–water partition coefficient (Wildman–Crippen LogP) is 5.09. The fourth-order valence-electron chi connectivity index (χ4n) is 2.94. The van der Waals surface area contributed by atoms with Crippen molar-refractivity contribution >= 4 is 0 Å². The van der Waals surface area contributed by atoms with Crippen LogP contribution in [0.2, 0.25) is 0 Å². The number of ether oxygens (including phenoxy) is 1. The lowest BCUT2D eigenvalue weighted by Crippen LogP contribution is -2.17. The molecule has 3 nitrogen and oxygen atoms in total. The average Bonchev–Trinajstić information content (AvgIpc) is 2.70. The summed E-state index contributed by atoms with van der Waals surface area (Å²) in [5.41, 5.74) is 3.58. The van der Waals surface area contributed by atoms with Crippen molar-refractivity contribution in [2.45, 2.75) is 25.9 Å². The van der Waals surface area contributed by atoms with E-state index in [1.807, 2.05) is 72.8 Å². The maximum Gasteiger partial charge on any atom is 0.122 e. The third kappa shape index (κ3) is 5.73.